The summed E-state index contributed by atoms with van der Waals surface area (Å²) >= 11 is 6.25. The number of ketones is 1. The van der Waals surface area contributed by atoms with E-state index < -0.39 is 0 Å². The molecule has 2 N–H and O–H groups in total. The summed E-state index contributed by atoms with van der Waals surface area (Å²) in [5.41, 5.74) is 6.95. The average molecular weight is 298 g/mol. The maximum absolute atomic E-state index is 12.3. The summed E-state index contributed by atoms with van der Waals surface area (Å²) in [6, 6.07) is 1.68. The van der Waals surface area contributed by atoms with E-state index in [9.17, 15) is 4.79 Å². The standard InChI is InChI=1S/C15H20ClNO3/c1-9(2)13-10(12(18)4-5-17)8-11(16)14-15(13)20-7-3-6-19-14/h8-9H,3-7,17H2,1-2H3. The number of carbonyl (C=O) groups excluding carboxylic acids is 1. The van der Waals surface area contributed by atoms with Gasteiger partial charge in [-0.25, -0.2) is 0 Å². The van der Waals surface area contributed by atoms with Crippen molar-refractivity contribution in [3.05, 3.63) is 22.2 Å². The van der Waals surface area contributed by atoms with Crippen LogP contribution in [0.15, 0.2) is 6.07 Å². The zero-order chi connectivity index (χ0) is 14.7. The van der Waals surface area contributed by atoms with Gasteiger partial charge in [0.2, 0.25) is 0 Å². The van der Waals surface area contributed by atoms with Gasteiger partial charge in [0.05, 0.1) is 18.2 Å². The van der Waals surface area contributed by atoms with Gasteiger partial charge < -0.3 is 15.2 Å². The molecule has 0 saturated carbocycles. The fraction of sp³-hybridized carbons (Fsp3) is 0.533. The largest absolute Gasteiger partial charge is 0.489 e. The zero-order valence-corrected chi connectivity index (χ0v) is 12.6. The molecular formula is C15H20ClNO3. The van der Waals surface area contributed by atoms with Crippen LogP contribution in [0, 0.1) is 0 Å². The number of hydrogen-bond donors (Lipinski definition) is 1. The molecule has 1 aliphatic heterocycles. The first-order valence-electron chi connectivity index (χ1n) is 6.91. The molecular weight excluding hydrogens is 278 g/mol. The summed E-state index contributed by atoms with van der Waals surface area (Å²) in [5.74, 6) is 1.30. The number of Topliss-reactive ketones (excluding diaryl/α,β-unsaturated/α-hetero) is 1. The van der Waals surface area contributed by atoms with E-state index >= 15 is 0 Å². The molecule has 0 unspecified atom stereocenters. The lowest BCUT2D eigenvalue weighted by Crippen LogP contribution is -2.12. The lowest BCUT2D eigenvalue weighted by molar-refractivity contribution is 0.0983. The monoisotopic (exact) mass is 297 g/mol. The van der Waals surface area contributed by atoms with Gasteiger partial charge in [-0.15, -0.1) is 0 Å². The fourth-order valence-corrected chi connectivity index (χ4v) is 2.63. The van der Waals surface area contributed by atoms with Crippen LogP contribution in [0.25, 0.3) is 0 Å². The molecule has 0 radical (unpaired) electrons. The fourth-order valence-electron chi connectivity index (χ4n) is 2.38. The van der Waals surface area contributed by atoms with Crippen LogP contribution in [-0.2, 0) is 0 Å². The van der Waals surface area contributed by atoms with E-state index in [-0.39, 0.29) is 11.7 Å². The minimum Gasteiger partial charge on any atom is -0.489 e. The second-order valence-electron chi connectivity index (χ2n) is 5.14. The molecule has 0 bridgehead atoms. The predicted octanol–water partition coefficient (Wildman–Crippen LogP) is 3.16. The maximum atomic E-state index is 12.3. The number of fused-ring (bicyclic) bond motifs is 1. The number of carbonyl (C=O) groups is 1. The van der Waals surface area contributed by atoms with E-state index in [0.29, 0.717) is 48.3 Å². The summed E-state index contributed by atoms with van der Waals surface area (Å²) in [6.45, 7) is 5.51. The lowest BCUT2D eigenvalue weighted by Gasteiger charge is -2.20. The third kappa shape index (κ3) is 2.91. The first-order valence-corrected chi connectivity index (χ1v) is 7.29. The Labute approximate surface area is 124 Å². The lowest BCUT2D eigenvalue weighted by atomic mass is 9.92. The Bertz CT molecular complexity index is 514. The van der Waals surface area contributed by atoms with E-state index in [0.717, 1.165) is 12.0 Å². The van der Waals surface area contributed by atoms with Crippen LogP contribution in [0.1, 0.15) is 48.5 Å². The highest BCUT2D eigenvalue weighted by atomic mass is 35.5. The van der Waals surface area contributed by atoms with Gasteiger partial charge in [0.1, 0.15) is 0 Å². The van der Waals surface area contributed by atoms with Gasteiger partial charge >= 0.3 is 0 Å². The van der Waals surface area contributed by atoms with Crippen molar-refractivity contribution in [1.82, 2.24) is 0 Å². The van der Waals surface area contributed by atoms with Crippen molar-refractivity contribution in [2.75, 3.05) is 19.8 Å². The average Bonchev–Trinajstić information content (AvgIpc) is 2.64. The molecule has 2 rings (SSSR count). The molecule has 4 nitrogen and oxygen atoms in total. The summed E-state index contributed by atoms with van der Waals surface area (Å²) in [6.07, 6.45) is 1.10. The highest BCUT2D eigenvalue weighted by Crippen LogP contribution is 2.44. The third-order valence-corrected chi connectivity index (χ3v) is 3.54. The summed E-state index contributed by atoms with van der Waals surface area (Å²) in [4.78, 5) is 12.3. The highest BCUT2D eigenvalue weighted by Gasteiger charge is 2.26. The SMILES string of the molecule is CC(C)c1c(C(=O)CCN)cc(Cl)c2c1OCCCO2. The molecule has 0 spiro atoms. The van der Waals surface area contributed by atoms with Gasteiger partial charge in [0, 0.05) is 24.0 Å². The van der Waals surface area contributed by atoms with Gasteiger partial charge in [-0.3, -0.25) is 4.79 Å². The molecule has 1 aromatic rings. The van der Waals surface area contributed by atoms with Crippen molar-refractivity contribution in [2.24, 2.45) is 5.73 Å². The Kier molecular flexibility index (Phi) is 4.89. The summed E-state index contributed by atoms with van der Waals surface area (Å²) in [5, 5.41) is 0.423. The number of ether oxygens (including phenoxy) is 2. The first-order chi connectivity index (χ1) is 9.56. The molecule has 0 atom stereocenters. The summed E-state index contributed by atoms with van der Waals surface area (Å²) < 4.78 is 11.5. The van der Waals surface area contributed by atoms with Gasteiger partial charge in [-0.2, -0.15) is 0 Å². The Morgan fingerprint density at radius 2 is 2.00 bits per heavy atom. The van der Waals surface area contributed by atoms with Gasteiger partial charge in [0.15, 0.2) is 17.3 Å². The molecule has 0 aliphatic carbocycles. The Morgan fingerprint density at radius 3 is 2.60 bits per heavy atom. The number of benzene rings is 1. The summed E-state index contributed by atoms with van der Waals surface area (Å²) in [7, 11) is 0. The minimum atomic E-state index is -0.00579. The molecule has 0 aromatic heterocycles. The molecule has 1 aliphatic rings. The predicted molar refractivity (Wildman–Crippen MR) is 79.1 cm³/mol. The molecule has 0 saturated heterocycles. The van der Waals surface area contributed by atoms with Crippen molar-refractivity contribution in [1.29, 1.82) is 0 Å². The zero-order valence-electron chi connectivity index (χ0n) is 11.9. The second-order valence-corrected chi connectivity index (χ2v) is 5.55. The number of halogens is 1. The Balaban J connectivity index is 2.60. The molecule has 5 heteroatoms. The number of nitrogens with two attached hydrogens (primary N) is 1. The van der Waals surface area contributed by atoms with E-state index in [1.165, 1.54) is 0 Å². The van der Waals surface area contributed by atoms with Crippen LogP contribution in [0.2, 0.25) is 5.02 Å². The molecule has 0 amide bonds. The van der Waals surface area contributed by atoms with E-state index in [4.69, 9.17) is 26.8 Å². The molecule has 110 valence electrons. The smallest absolute Gasteiger partial charge is 0.180 e. The molecule has 0 fully saturated rings. The van der Waals surface area contributed by atoms with Gasteiger partial charge in [-0.1, -0.05) is 25.4 Å². The Morgan fingerprint density at radius 1 is 1.35 bits per heavy atom. The van der Waals surface area contributed by atoms with Crippen LogP contribution in [0.4, 0.5) is 0 Å². The van der Waals surface area contributed by atoms with Crippen molar-refractivity contribution in [3.8, 4) is 11.5 Å². The number of hydrogen-bond acceptors (Lipinski definition) is 4. The molecule has 1 heterocycles. The normalized spacial score (nSPS) is 14.2. The molecule has 20 heavy (non-hydrogen) atoms. The van der Waals surface area contributed by atoms with Crippen LogP contribution in [0.3, 0.4) is 0 Å². The first kappa shape index (κ1) is 15.1. The van der Waals surface area contributed by atoms with Crippen molar-refractivity contribution < 1.29 is 14.3 Å². The topological polar surface area (TPSA) is 61.6 Å². The third-order valence-electron chi connectivity index (χ3n) is 3.26. The van der Waals surface area contributed by atoms with Gasteiger partial charge in [0.25, 0.3) is 0 Å². The maximum Gasteiger partial charge on any atom is 0.180 e. The molecule has 1 aromatic carbocycles. The Hall–Kier alpha value is -1.26. The van der Waals surface area contributed by atoms with Crippen LogP contribution >= 0.6 is 11.6 Å². The van der Waals surface area contributed by atoms with Crippen LogP contribution < -0.4 is 15.2 Å². The number of rotatable bonds is 4. The van der Waals surface area contributed by atoms with E-state index in [1.54, 1.807) is 6.07 Å². The van der Waals surface area contributed by atoms with E-state index in [1.807, 2.05) is 13.8 Å². The second kappa shape index (κ2) is 6.46. The van der Waals surface area contributed by atoms with Crippen molar-refractivity contribution in [2.45, 2.75) is 32.6 Å². The van der Waals surface area contributed by atoms with E-state index in [2.05, 4.69) is 0 Å². The highest BCUT2D eigenvalue weighted by molar-refractivity contribution is 6.32. The van der Waals surface area contributed by atoms with Crippen molar-refractivity contribution >= 4 is 17.4 Å². The van der Waals surface area contributed by atoms with Gasteiger partial charge in [-0.05, 0) is 18.5 Å². The van der Waals surface area contributed by atoms with Crippen LogP contribution in [0.5, 0.6) is 11.5 Å². The van der Waals surface area contributed by atoms with Crippen LogP contribution in [-0.4, -0.2) is 25.5 Å². The van der Waals surface area contributed by atoms with Crippen molar-refractivity contribution in [3.63, 3.8) is 0 Å². The minimum absolute atomic E-state index is 0.00579. The quantitative estimate of drug-likeness (QED) is 0.867.